The molecule has 0 aliphatic carbocycles. The molecule has 35 heavy (non-hydrogen) atoms. The number of aromatic nitrogens is 3. The van der Waals surface area contributed by atoms with Crippen molar-refractivity contribution in [2.45, 2.75) is 13.1 Å². The van der Waals surface area contributed by atoms with Crippen LogP contribution in [0.25, 0.3) is 33.1 Å². The number of hydrogen-bond donors (Lipinski definition) is 2. The minimum Gasteiger partial charge on any atom is -0.339 e. The molecule has 2 N–H and O–H groups in total. The third-order valence-electron chi connectivity index (χ3n) is 5.68. The van der Waals surface area contributed by atoms with Crippen LogP contribution in [0, 0.1) is 12.7 Å². The van der Waals surface area contributed by atoms with Gasteiger partial charge in [-0.2, -0.15) is 13.2 Å². The van der Waals surface area contributed by atoms with Crippen LogP contribution in [0.4, 0.5) is 23.2 Å². The van der Waals surface area contributed by atoms with Crippen LogP contribution in [0.3, 0.4) is 0 Å². The summed E-state index contributed by atoms with van der Waals surface area (Å²) in [6.45, 7) is 1.88. The molecule has 176 valence electrons. The van der Waals surface area contributed by atoms with Crippen molar-refractivity contribution in [2.24, 2.45) is 0 Å². The summed E-state index contributed by atoms with van der Waals surface area (Å²) in [6.07, 6.45) is -1.62. The number of anilines is 1. The van der Waals surface area contributed by atoms with Crippen molar-refractivity contribution in [3.63, 3.8) is 0 Å². The van der Waals surface area contributed by atoms with Crippen LogP contribution in [0.2, 0.25) is 5.02 Å². The van der Waals surface area contributed by atoms with Crippen molar-refractivity contribution in [2.75, 3.05) is 5.32 Å². The van der Waals surface area contributed by atoms with E-state index >= 15 is 0 Å². The predicted molar refractivity (Wildman–Crippen MR) is 126 cm³/mol. The lowest BCUT2D eigenvalue weighted by Gasteiger charge is -2.13. The van der Waals surface area contributed by atoms with Gasteiger partial charge in [0, 0.05) is 28.2 Å². The number of benzene rings is 3. The van der Waals surface area contributed by atoms with Crippen molar-refractivity contribution < 1.29 is 22.4 Å². The van der Waals surface area contributed by atoms with E-state index in [4.69, 9.17) is 11.6 Å². The van der Waals surface area contributed by atoms with Crippen molar-refractivity contribution in [1.82, 2.24) is 15.0 Å². The first-order valence-electron chi connectivity index (χ1n) is 10.3. The molecule has 3 aromatic carbocycles. The number of fused-ring (bicyclic) bond motifs is 3. The number of halogens is 5. The number of hydrogen-bond acceptors (Lipinski definition) is 3. The zero-order valence-electron chi connectivity index (χ0n) is 18.0. The topological polar surface area (TPSA) is 70.7 Å². The van der Waals surface area contributed by atoms with E-state index in [-0.39, 0.29) is 5.69 Å². The quantitative estimate of drug-likeness (QED) is 0.259. The maximum atomic E-state index is 14.4. The van der Waals surface area contributed by atoms with E-state index < -0.39 is 34.1 Å². The molecule has 10 heteroatoms. The molecule has 5 rings (SSSR count). The zero-order valence-corrected chi connectivity index (χ0v) is 18.7. The summed E-state index contributed by atoms with van der Waals surface area (Å²) in [5.41, 5.74) is 2.36. The molecular formula is C25H15ClF4N4O. The number of amides is 1. The van der Waals surface area contributed by atoms with E-state index in [0.29, 0.717) is 17.8 Å². The number of carbonyl (C=O) groups is 1. The number of alkyl halides is 3. The van der Waals surface area contributed by atoms with Gasteiger partial charge in [-0.1, -0.05) is 23.7 Å². The first kappa shape index (κ1) is 22.8. The van der Waals surface area contributed by atoms with Crippen LogP contribution in [-0.2, 0) is 6.18 Å². The van der Waals surface area contributed by atoms with Crippen LogP contribution in [0.15, 0.2) is 61.1 Å². The van der Waals surface area contributed by atoms with Gasteiger partial charge in [-0.3, -0.25) is 4.79 Å². The Labute approximate surface area is 200 Å². The Morgan fingerprint density at radius 2 is 1.86 bits per heavy atom. The number of aryl methyl sites for hydroxylation is 1. The molecule has 0 spiro atoms. The van der Waals surface area contributed by atoms with E-state index in [2.05, 4.69) is 20.3 Å². The van der Waals surface area contributed by atoms with Gasteiger partial charge >= 0.3 is 6.18 Å². The second kappa shape index (κ2) is 8.35. The molecule has 5 aromatic rings. The van der Waals surface area contributed by atoms with Gasteiger partial charge in [-0.15, -0.1) is 0 Å². The molecule has 0 bridgehead atoms. The van der Waals surface area contributed by atoms with Gasteiger partial charge in [0.1, 0.15) is 12.0 Å². The van der Waals surface area contributed by atoms with Gasteiger partial charge in [0.25, 0.3) is 5.91 Å². The number of rotatable bonds is 3. The predicted octanol–water partition coefficient (Wildman–Crippen LogP) is 7.15. The van der Waals surface area contributed by atoms with Crippen LogP contribution in [-0.4, -0.2) is 20.9 Å². The highest BCUT2D eigenvalue weighted by atomic mass is 35.5. The number of aromatic amines is 1. The average Bonchev–Trinajstić information content (AvgIpc) is 3.19. The molecule has 2 aromatic heterocycles. The standard InChI is InChI=1S/C25H15ClF4N4O/c1-12-2-4-15(33-24(35)18-7-14(25(28,29)30)8-20(26)22(18)27)9-16(12)13-3-5-21-17(6-13)19-10-31-11-32-23(19)34-21/h2-11H,1H3,(H,33,35)(H,31,32,34). The molecule has 2 heterocycles. The molecule has 0 saturated carbocycles. The fraction of sp³-hybridized carbons (Fsp3) is 0.0800. The minimum atomic E-state index is -4.78. The lowest BCUT2D eigenvalue weighted by Crippen LogP contribution is -2.16. The maximum Gasteiger partial charge on any atom is 0.416 e. The third-order valence-corrected chi connectivity index (χ3v) is 5.96. The van der Waals surface area contributed by atoms with E-state index in [1.807, 2.05) is 25.1 Å². The first-order chi connectivity index (χ1) is 16.6. The number of carbonyl (C=O) groups excluding carboxylic acids is 1. The second-order valence-corrected chi connectivity index (χ2v) is 8.38. The van der Waals surface area contributed by atoms with Gasteiger partial charge in [-0.05, 0) is 60.0 Å². The monoisotopic (exact) mass is 498 g/mol. The number of nitrogens with one attached hydrogen (secondary N) is 2. The van der Waals surface area contributed by atoms with E-state index in [1.54, 1.807) is 24.4 Å². The smallest absolute Gasteiger partial charge is 0.339 e. The van der Waals surface area contributed by atoms with Crippen molar-refractivity contribution >= 4 is 45.1 Å². The molecule has 1 amide bonds. The highest BCUT2D eigenvalue weighted by Gasteiger charge is 2.33. The Bertz CT molecular complexity index is 1630. The number of H-pyrrole nitrogens is 1. The lowest BCUT2D eigenvalue weighted by molar-refractivity contribution is -0.137. The molecule has 0 aliphatic rings. The van der Waals surface area contributed by atoms with Gasteiger partial charge in [0.15, 0.2) is 5.82 Å². The summed E-state index contributed by atoms with van der Waals surface area (Å²) < 4.78 is 53.8. The highest BCUT2D eigenvalue weighted by molar-refractivity contribution is 6.31. The van der Waals surface area contributed by atoms with E-state index in [1.165, 1.54) is 6.33 Å². The molecule has 0 radical (unpaired) electrons. The van der Waals surface area contributed by atoms with Crippen LogP contribution in [0.5, 0.6) is 0 Å². The second-order valence-electron chi connectivity index (χ2n) is 7.97. The molecule has 0 saturated heterocycles. The summed E-state index contributed by atoms with van der Waals surface area (Å²) in [5, 5.41) is 3.45. The van der Waals surface area contributed by atoms with Gasteiger partial charge in [0.2, 0.25) is 0 Å². The first-order valence-corrected chi connectivity index (χ1v) is 10.7. The molecule has 0 atom stereocenters. The van der Waals surface area contributed by atoms with Crippen molar-refractivity contribution in [3.05, 3.63) is 88.6 Å². The SMILES string of the molecule is Cc1ccc(NC(=O)c2cc(C(F)(F)F)cc(Cl)c2F)cc1-c1ccc2[nH]c3ncncc3c2c1. The normalized spacial score (nSPS) is 11.8. The molecule has 0 unspecified atom stereocenters. The molecule has 0 fully saturated rings. The highest BCUT2D eigenvalue weighted by Crippen LogP contribution is 2.35. The van der Waals surface area contributed by atoms with E-state index in [0.717, 1.165) is 33.0 Å². The average molecular weight is 499 g/mol. The Kier molecular flexibility index (Phi) is 5.44. The Hall–Kier alpha value is -3.98. The fourth-order valence-electron chi connectivity index (χ4n) is 3.92. The van der Waals surface area contributed by atoms with Crippen molar-refractivity contribution in [3.8, 4) is 11.1 Å². The van der Waals surface area contributed by atoms with Crippen LogP contribution < -0.4 is 5.32 Å². The zero-order chi connectivity index (χ0) is 24.9. The van der Waals surface area contributed by atoms with Gasteiger partial charge in [0.05, 0.1) is 16.1 Å². The summed E-state index contributed by atoms with van der Waals surface area (Å²) >= 11 is 5.61. The Balaban J connectivity index is 1.52. The van der Waals surface area contributed by atoms with Gasteiger partial charge < -0.3 is 10.3 Å². The maximum absolute atomic E-state index is 14.4. The summed E-state index contributed by atoms with van der Waals surface area (Å²) in [4.78, 5) is 24.2. The third kappa shape index (κ3) is 4.19. The molecule has 5 nitrogen and oxygen atoms in total. The largest absolute Gasteiger partial charge is 0.416 e. The summed E-state index contributed by atoms with van der Waals surface area (Å²) in [5.74, 6) is -2.27. The number of nitrogens with zero attached hydrogens (tertiary/aromatic N) is 2. The summed E-state index contributed by atoms with van der Waals surface area (Å²) in [7, 11) is 0. The van der Waals surface area contributed by atoms with Gasteiger partial charge in [-0.25, -0.2) is 14.4 Å². The Morgan fingerprint density at radius 1 is 1.06 bits per heavy atom. The van der Waals surface area contributed by atoms with Crippen LogP contribution >= 0.6 is 11.6 Å². The fourth-order valence-corrected chi connectivity index (χ4v) is 4.14. The summed E-state index contributed by atoms with van der Waals surface area (Å²) in [6, 6.07) is 11.7. The lowest BCUT2D eigenvalue weighted by atomic mass is 9.98. The van der Waals surface area contributed by atoms with E-state index in [9.17, 15) is 22.4 Å². The van der Waals surface area contributed by atoms with Crippen molar-refractivity contribution in [1.29, 1.82) is 0 Å². The Morgan fingerprint density at radius 3 is 2.63 bits per heavy atom. The molecule has 0 aliphatic heterocycles. The molecular weight excluding hydrogens is 484 g/mol. The minimum absolute atomic E-state index is 0.283. The van der Waals surface area contributed by atoms with Crippen LogP contribution in [0.1, 0.15) is 21.5 Å².